The first-order chi connectivity index (χ1) is 15.3. The summed E-state index contributed by atoms with van der Waals surface area (Å²) < 4.78 is 1.11. The molecule has 1 N–H and O–H groups in total. The van der Waals surface area contributed by atoms with Crippen molar-refractivity contribution < 1.29 is 14.7 Å². The number of likely N-dealkylation sites (tertiary alicyclic amines) is 1. The molecule has 1 saturated heterocycles. The Kier molecular flexibility index (Phi) is 6.12. The minimum absolute atomic E-state index is 0.0574. The van der Waals surface area contributed by atoms with Gasteiger partial charge in [-0.25, -0.2) is 14.6 Å². The summed E-state index contributed by atoms with van der Waals surface area (Å²) in [5.41, 5.74) is 3.44. The fraction of sp³-hybridized carbons (Fsp3) is 0.391. The quantitative estimate of drug-likeness (QED) is 0.629. The Morgan fingerprint density at radius 1 is 1.25 bits per heavy atom. The highest BCUT2D eigenvalue weighted by atomic mass is 32.1. The second-order valence-corrected chi connectivity index (χ2v) is 9.47. The van der Waals surface area contributed by atoms with Gasteiger partial charge in [0, 0.05) is 48.5 Å². The molecule has 1 amide bonds. The number of thiazole rings is 1. The minimum atomic E-state index is -1.14. The number of nitrogens with zero attached hydrogens (tertiary/aromatic N) is 5. The van der Waals surface area contributed by atoms with Gasteiger partial charge in [-0.2, -0.15) is 9.78 Å². The molecule has 0 radical (unpaired) electrons. The van der Waals surface area contributed by atoms with E-state index in [9.17, 15) is 9.59 Å². The van der Waals surface area contributed by atoms with Gasteiger partial charge in [0.05, 0.1) is 0 Å². The molecule has 1 fully saturated rings. The number of carboxylic acid groups (broad SMARTS) is 1. The Hall–Kier alpha value is -3.04. The van der Waals surface area contributed by atoms with Gasteiger partial charge in [-0.15, -0.1) is 11.3 Å². The third-order valence-electron chi connectivity index (χ3n) is 6.37. The van der Waals surface area contributed by atoms with Gasteiger partial charge in [0.2, 0.25) is 0 Å². The summed E-state index contributed by atoms with van der Waals surface area (Å²) in [4.78, 5) is 32.4. The number of amides is 1. The van der Waals surface area contributed by atoms with Gasteiger partial charge in [-0.1, -0.05) is 17.7 Å². The predicted octanol–water partition coefficient (Wildman–Crippen LogP) is 3.97. The van der Waals surface area contributed by atoms with Crippen LogP contribution >= 0.6 is 11.3 Å². The van der Waals surface area contributed by atoms with Crippen LogP contribution < -0.4 is 0 Å². The number of piperidine rings is 1. The first-order valence-corrected chi connectivity index (χ1v) is 11.4. The molecule has 168 valence electrons. The molecule has 4 rings (SSSR count). The average Bonchev–Trinajstić information content (AvgIpc) is 3.47. The Labute approximate surface area is 191 Å². The van der Waals surface area contributed by atoms with Crippen molar-refractivity contribution in [2.45, 2.75) is 38.8 Å². The summed E-state index contributed by atoms with van der Waals surface area (Å²) in [6.07, 6.45) is 4.88. The minimum Gasteiger partial charge on any atom is -0.476 e. The Morgan fingerprint density at radius 2 is 2.00 bits per heavy atom. The average molecular weight is 454 g/mol. The molecule has 32 heavy (non-hydrogen) atoms. The fourth-order valence-corrected chi connectivity index (χ4v) is 4.77. The molecule has 2 aromatic heterocycles. The summed E-state index contributed by atoms with van der Waals surface area (Å²) in [5.74, 6) is -1.14. The zero-order chi connectivity index (χ0) is 22.9. The third-order valence-corrected chi connectivity index (χ3v) is 7.18. The zero-order valence-corrected chi connectivity index (χ0v) is 19.3. The number of carboxylic acids is 1. The van der Waals surface area contributed by atoms with Crippen LogP contribution in [0.4, 0.5) is 4.79 Å². The molecule has 1 aliphatic heterocycles. The van der Waals surface area contributed by atoms with E-state index in [1.807, 2.05) is 11.6 Å². The van der Waals surface area contributed by atoms with E-state index >= 15 is 0 Å². The molecule has 0 saturated carbocycles. The smallest absolute Gasteiger partial charge is 0.356 e. The molecule has 1 aliphatic rings. The third kappa shape index (κ3) is 4.44. The summed E-state index contributed by atoms with van der Waals surface area (Å²) in [6.45, 7) is 6.31. The lowest BCUT2D eigenvalue weighted by molar-refractivity contribution is 0.0585. The van der Waals surface area contributed by atoms with Crippen LogP contribution in [0, 0.1) is 6.92 Å². The van der Waals surface area contributed by atoms with Crippen LogP contribution in [-0.4, -0.2) is 67.3 Å². The topological polar surface area (TPSA) is 91.6 Å². The summed E-state index contributed by atoms with van der Waals surface area (Å²) in [5, 5.41) is 15.9. The molecular formula is C23H27N5O3S. The molecule has 0 atom stereocenters. The monoisotopic (exact) mass is 453 g/mol. The maximum absolute atomic E-state index is 12.7. The number of carbonyl (C=O) groups excluding carboxylic acids is 1. The van der Waals surface area contributed by atoms with E-state index < -0.39 is 5.97 Å². The standard InChI is InChI=1S/C23H27N5O3S/c1-16-4-5-17(18(14-16)20-24-9-13-32-20)15-26(3)23(2)7-11-27(12-8-23)22(31)28-10-6-19(25-28)21(29)30/h4-6,9-10,13-14H,7-8,11-12,15H2,1-3H3,(H,29,30). The number of aryl methyl sites for hydroxylation is 1. The Balaban J connectivity index is 1.43. The molecule has 0 bridgehead atoms. The number of carbonyl (C=O) groups is 2. The predicted molar refractivity (Wildman–Crippen MR) is 123 cm³/mol. The van der Waals surface area contributed by atoms with Crippen molar-refractivity contribution in [2.75, 3.05) is 20.1 Å². The van der Waals surface area contributed by atoms with Crippen molar-refractivity contribution in [3.63, 3.8) is 0 Å². The van der Waals surface area contributed by atoms with Crippen molar-refractivity contribution >= 4 is 23.3 Å². The van der Waals surface area contributed by atoms with Gasteiger partial charge in [0.25, 0.3) is 0 Å². The number of aromatic carboxylic acids is 1. The second-order valence-electron chi connectivity index (χ2n) is 8.57. The van der Waals surface area contributed by atoms with Crippen LogP contribution in [0.2, 0.25) is 0 Å². The van der Waals surface area contributed by atoms with E-state index in [-0.39, 0.29) is 17.3 Å². The van der Waals surface area contributed by atoms with Gasteiger partial charge in [-0.3, -0.25) is 4.90 Å². The molecule has 8 nitrogen and oxygen atoms in total. The molecule has 0 unspecified atom stereocenters. The van der Waals surface area contributed by atoms with E-state index in [0.717, 1.165) is 29.1 Å². The van der Waals surface area contributed by atoms with Crippen LogP contribution in [0.5, 0.6) is 0 Å². The molecule has 0 aliphatic carbocycles. The first kappa shape index (κ1) is 22.2. The van der Waals surface area contributed by atoms with Crippen LogP contribution in [0.15, 0.2) is 42.0 Å². The highest BCUT2D eigenvalue weighted by molar-refractivity contribution is 7.13. The lowest BCUT2D eigenvalue weighted by Crippen LogP contribution is -2.53. The molecular weight excluding hydrogens is 426 g/mol. The van der Waals surface area contributed by atoms with Crippen molar-refractivity contribution in [2.24, 2.45) is 0 Å². The van der Waals surface area contributed by atoms with Crippen molar-refractivity contribution in [3.05, 3.63) is 58.9 Å². The molecule has 3 aromatic rings. The fourth-order valence-electron chi connectivity index (χ4n) is 4.08. The van der Waals surface area contributed by atoms with Gasteiger partial charge < -0.3 is 10.0 Å². The van der Waals surface area contributed by atoms with Gasteiger partial charge in [0.15, 0.2) is 5.69 Å². The lowest BCUT2D eigenvalue weighted by atomic mass is 9.87. The van der Waals surface area contributed by atoms with E-state index in [4.69, 9.17) is 5.11 Å². The van der Waals surface area contributed by atoms with Crippen molar-refractivity contribution in [1.82, 2.24) is 24.6 Å². The molecule has 1 aromatic carbocycles. The lowest BCUT2D eigenvalue weighted by Gasteiger charge is -2.45. The maximum Gasteiger partial charge on any atom is 0.356 e. The Bertz CT molecular complexity index is 1120. The number of hydrogen-bond donors (Lipinski definition) is 1. The number of aromatic nitrogens is 3. The van der Waals surface area contributed by atoms with E-state index in [1.54, 1.807) is 16.2 Å². The number of hydrogen-bond acceptors (Lipinski definition) is 6. The van der Waals surface area contributed by atoms with Gasteiger partial charge in [-0.05, 0) is 51.4 Å². The van der Waals surface area contributed by atoms with E-state index in [1.165, 1.54) is 29.0 Å². The SMILES string of the molecule is Cc1ccc(CN(C)C2(C)CCN(C(=O)n3ccc(C(=O)O)n3)CC2)c(-c2nccs2)c1. The van der Waals surface area contributed by atoms with Crippen LogP contribution in [0.3, 0.4) is 0 Å². The molecule has 9 heteroatoms. The second kappa shape index (κ2) is 8.84. The first-order valence-electron chi connectivity index (χ1n) is 10.6. The van der Waals surface area contributed by atoms with Crippen LogP contribution in [0.1, 0.15) is 41.4 Å². The zero-order valence-electron chi connectivity index (χ0n) is 18.5. The van der Waals surface area contributed by atoms with E-state index in [0.29, 0.717) is 13.1 Å². The summed E-state index contributed by atoms with van der Waals surface area (Å²) >= 11 is 1.65. The highest BCUT2D eigenvalue weighted by Crippen LogP contribution is 2.32. The van der Waals surface area contributed by atoms with Crippen molar-refractivity contribution in [1.29, 1.82) is 0 Å². The van der Waals surface area contributed by atoms with Crippen LogP contribution in [0.25, 0.3) is 10.6 Å². The Morgan fingerprint density at radius 3 is 2.62 bits per heavy atom. The maximum atomic E-state index is 12.7. The van der Waals surface area contributed by atoms with Crippen LogP contribution in [-0.2, 0) is 6.54 Å². The largest absolute Gasteiger partial charge is 0.476 e. The van der Waals surface area contributed by atoms with Crippen molar-refractivity contribution in [3.8, 4) is 10.6 Å². The highest BCUT2D eigenvalue weighted by Gasteiger charge is 2.36. The summed E-state index contributed by atoms with van der Waals surface area (Å²) in [7, 11) is 2.13. The van der Waals surface area contributed by atoms with Gasteiger partial charge in [0.1, 0.15) is 5.01 Å². The normalized spacial score (nSPS) is 15.8. The molecule has 3 heterocycles. The number of benzene rings is 1. The number of rotatable bonds is 5. The summed E-state index contributed by atoms with van der Waals surface area (Å²) in [6, 6.07) is 7.57. The van der Waals surface area contributed by atoms with Gasteiger partial charge >= 0.3 is 12.0 Å². The molecule has 0 spiro atoms. The van der Waals surface area contributed by atoms with E-state index in [2.05, 4.69) is 54.1 Å².